The van der Waals surface area contributed by atoms with Crippen molar-refractivity contribution in [2.24, 2.45) is 0 Å². The number of hydrogen-bond donors (Lipinski definition) is 3. The van der Waals surface area contributed by atoms with Gasteiger partial charge in [0, 0.05) is 6.54 Å². The number of hydrogen-bond acceptors (Lipinski definition) is 4. The molecule has 2 amide bonds. The average molecular weight is 385 g/mol. The van der Waals surface area contributed by atoms with Crippen LogP contribution in [0.4, 0.5) is 5.69 Å². The lowest BCUT2D eigenvalue weighted by Gasteiger charge is -2.14. The fraction of sp³-hybridized carbons (Fsp3) is 0.250. The molecule has 2 rings (SSSR count). The van der Waals surface area contributed by atoms with Crippen molar-refractivity contribution in [1.29, 1.82) is 0 Å². The number of thiocarbonyl (C=S) groups is 1. The van der Waals surface area contributed by atoms with E-state index < -0.39 is 0 Å². The molecule has 142 valence electrons. The standard InChI is InChI=1S/C20H23N3O3S/c1-3-13-21-18(24)14-9-5-7-11-16(14)22-20(27)23-19(25)15-10-6-8-12-17(15)26-4-2/h5-12H,3-4,13H2,1-2H3,(H,21,24)(H2,22,23,25,27). The van der Waals surface area contributed by atoms with E-state index in [4.69, 9.17) is 17.0 Å². The fourth-order valence-corrected chi connectivity index (χ4v) is 2.59. The van der Waals surface area contributed by atoms with Gasteiger partial charge in [0.2, 0.25) is 0 Å². The number of carbonyl (C=O) groups is 2. The maximum atomic E-state index is 12.5. The Bertz CT molecular complexity index is 824. The first-order chi connectivity index (χ1) is 13.1. The van der Waals surface area contributed by atoms with Crippen molar-refractivity contribution in [3.8, 4) is 5.75 Å². The molecule has 0 radical (unpaired) electrons. The predicted octanol–water partition coefficient (Wildman–Crippen LogP) is 3.35. The molecule has 2 aromatic carbocycles. The second-order valence-electron chi connectivity index (χ2n) is 5.64. The second kappa shape index (κ2) is 10.3. The smallest absolute Gasteiger partial charge is 0.261 e. The summed E-state index contributed by atoms with van der Waals surface area (Å²) < 4.78 is 5.47. The van der Waals surface area contributed by atoms with Crippen molar-refractivity contribution in [3.63, 3.8) is 0 Å². The number of benzene rings is 2. The molecule has 0 aliphatic heterocycles. The van der Waals surface area contributed by atoms with Crippen LogP contribution in [0.5, 0.6) is 5.75 Å². The summed E-state index contributed by atoms with van der Waals surface area (Å²) in [6.45, 7) is 4.87. The van der Waals surface area contributed by atoms with Crippen LogP contribution in [0, 0.1) is 0 Å². The zero-order valence-corrected chi connectivity index (χ0v) is 16.2. The third-order valence-corrected chi connectivity index (χ3v) is 3.82. The first-order valence-electron chi connectivity index (χ1n) is 8.78. The lowest BCUT2D eigenvalue weighted by Crippen LogP contribution is -2.35. The van der Waals surface area contributed by atoms with Gasteiger partial charge in [-0.05, 0) is 49.8 Å². The molecule has 0 saturated heterocycles. The van der Waals surface area contributed by atoms with Gasteiger partial charge >= 0.3 is 0 Å². The summed E-state index contributed by atoms with van der Waals surface area (Å²) in [5, 5.41) is 8.46. The molecule has 2 aromatic rings. The van der Waals surface area contributed by atoms with Gasteiger partial charge in [-0.1, -0.05) is 31.2 Å². The van der Waals surface area contributed by atoms with Crippen molar-refractivity contribution < 1.29 is 14.3 Å². The molecule has 0 fully saturated rings. The van der Waals surface area contributed by atoms with Crippen LogP contribution in [0.3, 0.4) is 0 Å². The Kier molecular flexibility index (Phi) is 7.76. The Hall–Kier alpha value is -2.93. The number of rotatable bonds is 7. The van der Waals surface area contributed by atoms with E-state index in [0.717, 1.165) is 6.42 Å². The van der Waals surface area contributed by atoms with Crippen LogP contribution in [-0.4, -0.2) is 30.1 Å². The highest BCUT2D eigenvalue weighted by Crippen LogP contribution is 2.18. The van der Waals surface area contributed by atoms with E-state index in [2.05, 4.69) is 16.0 Å². The topological polar surface area (TPSA) is 79.5 Å². The SMILES string of the molecule is CCCNC(=O)c1ccccc1NC(=S)NC(=O)c1ccccc1OCC. The van der Waals surface area contributed by atoms with Crippen LogP contribution < -0.4 is 20.7 Å². The summed E-state index contributed by atoms with van der Waals surface area (Å²) in [5.41, 5.74) is 1.37. The molecule has 0 bridgehead atoms. The van der Waals surface area contributed by atoms with Gasteiger partial charge in [0.1, 0.15) is 5.75 Å². The number of anilines is 1. The van der Waals surface area contributed by atoms with Gasteiger partial charge in [0.25, 0.3) is 11.8 Å². The minimum Gasteiger partial charge on any atom is -0.493 e. The van der Waals surface area contributed by atoms with E-state index >= 15 is 0 Å². The molecule has 3 N–H and O–H groups in total. The Morgan fingerprint density at radius 1 is 0.963 bits per heavy atom. The van der Waals surface area contributed by atoms with E-state index in [1.165, 1.54) is 0 Å². The van der Waals surface area contributed by atoms with Crippen molar-refractivity contribution >= 4 is 34.8 Å². The number of nitrogens with one attached hydrogen (secondary N) is 3. The average Bonchev–Trinajstić information content (AvgIpc) is 2.67. The molecule has 27 heavy (non-hydrogen) atoms. The van der Waals surface area contributed by atoms with E-state index in [1.54, 1.807) is 48.5 Å². The van der Waals surface area contributed by atoms with Gasteiger partial charge in [-0.3, -0.25) is 14.9 Å². The molecule has 0 heterocycles. The summed E-state index contributed by atoms with van der Waals surface area (Å²) >= 11 is 5.24. The first-order valence-corrected chi connectivity index (χ1v) is 9.19. The van der Waals surface area contributed by atoms with Gasteiger partial charge in [-0.2, -0.15) is 0 Å². The highest BCUT2D eigenvalue weighted by atomic mass is 32.1. The fourth-order valence-electron chi connectivity index (χ4n) is 2.38. The summed E-state index contributed by atoms with van der Waals surface area (Å²) in [7, 11) is 0. The molecule has 0 aromatic heterocycles. The van der Waals surface area contributed by atoms with Gasteiger partial charge in [-0.15, -0.1) is 0 Å². The maximum Gasteiger partial charge on any atom is 0.261 e. The van der Waals surface area contributed by atoms with Crippen LogP contribution >= 0.6 is 12.2 Å². The van der Waals surface area contributed by atoms with Crippen molar-refractivity contribution in [1.82, 2.24) is 10.6 Å². The molecule has 0 atom stereocenters. The molecular weight excluding hydrogens is 362 g/mol. The maximum absolute atomic E-state index is 12.5. The van der Waals surface area contributed by atoms with Crippen molar-refractivity contribution in [3.05, 3.63) is 59.7 Å². The van der Waals surface area contributed by atoms with Crippen LogP contribution in [0.2, 0.25) is 0 Å². The third-order valence-electron chi connectivity index (χ3n) is 3.61. The highest BCUT2D eigenvalue weighted by molar-refractivity contribution is 7.80. The molecule has 0 spiro atoms. The Morgan fingerprint density at radius 3 is 2.33 bits per heavy atom. The largest absolute Gasteiger partial charge is 0.493 e. The molecule has 6 nitrogen and oxygen atoms in total. The van der Waals surface area contributed by atoms with Crippen molar-refractivity contribution in [2.75, 3.05) is 18.5 Å². The minimum absolute atomic E-state index is 0.0991. The molecule has 7 heteroatoms. The third kappa shape index (κ3) is 5.79. The van der Waals surface area contributed by atoms with Crippen LogP contribution in [0.1, 0.15) is 41.0 Å². The minimum atomic E-state index is -0.385. The monoisotopic (exact) mass is 385 g/mol. The number of amides is 2. The molecule has 0 saturated carbocycles. The Balaban J connectivity index is 2.08. The quantitative estimate of drug-likeness (QED) is 0.637. The molecule has 0 unspecified atom stereocenters. The molecule has 0 aliphatic carbocycles. The lowest BCUT2D eigenvalue weighted by molar-refractivity contribution is 0.0952. The number of carbonyl (C=O) groups excluding carboxylic acids is 2. The van der Waals surface area contributed by atoms with Crippen LogP contribution in [-0.2, 0) is 0 Å². The summed E-state index contributed by atoms with van der Waals surface area (Å²) in [5.74, 6) is -0.0973. The summed E-state index contributed by atoms with van der Waals surface area (Å²) in [6.07, 6.45) is 0.842. The van der Waals surface area contributed by atoms with Crippen LogP contribution in [0.15, 0.2) is 48.5 Å². The van der Waals surface area contributed by atoms with E-state index in [-0.39, 0.29) is 16.9 Å². The molecule has 0 aliphatic rings. The normalized spacial score (nSPS) is 10.0. The van der Waals surface area contributed by atoms with E-state index in [0.29, 0.717) is 35.7 Å². The second-order valence-corrected chi connectivity index (χ2v) is 6.05. The van der Waals surface area contributed by atoms with Gasteiger partial charge < -0.3 is 15.4 Å². The van der Waals surface area contributed by atoms with Gasteiger partial charge in [0.05, 0.1) is 23.4 Å². The lowest BCUT2D eigenvalue weighted by atomic mass is 10.1. The van der Waals surface area contributed by atoms with Crippen molar-refractivity contribution in [2.45, 2.75) is 20.3 Å². The summed E-state index contributed by atoms with van der Waals surface area (Å²) in [4.78, 5) is 24.8. The summed E-state index contributed by atoms with van der Waals surface area (Å²) in [6, 6.07) is 13.9. The van der Waals surface area contributed by atoms with Gasteiger partial charge in [0.15, 0.2) is 5.11 Å². The molecular formula is C20H23N3O3S. The highest BCUT2D eigenvalue weighted by Gasteiger charge is 2.15. The van der Waals surface area contributed by atoms with E-state index in [1.807, 2.05) is 13.8 Å². The number of ether oxygens (including phenoxy) is 1. The predicted molar refractivity (Wildman–Crippen MR) is 110 cm³/mol. The number of para-hydroxylation sites is 2. The first kappa shape index (κ1) is 20.4. The van der Waals surface area contributed by atoms with E-state index in [9.17, 15) is 9.59 Å². The Morgan fingerprint density at radius 2 is 1.63 bits per heavy atom. The zero-order chi connectivity index (χ0) is 19.6. The van der Waals surface area contributed by atoms with Crippen LogP contribution in [0.25, 0.3) is 0 Å². The Labute approximate surface area is 164 Å². The van der Waals surface area contributed by atoms with Gasteiger partial charge in [-0.25, -0.2) is 0 Å². The zero-order valence-electron chi connectivity index (χ0n) is 15.4.